The summed E-state index contributed by atoms with van der Waals surface area (Å²) in [6.07, 6.45) is 3.61. The zero-order chi connectivity index (χ0) is 19.6. The van der Waals surface area contributed by atoms with Crippen molar-refractivity contribution in [3.8, 4) is 5.75 Å². The highest BCUT2D eigenvalue weighted by Crippen LogP contribution is 2.22. The minimum absolute atomic E-state index is 0.0807. The van der Waals surface area contributed by atoms with Crippen LogP contribution in [0.2, 0.25) is 0 Å². The number of rotatable bonds is 6. The van der Waals surface area contributed by atoms with Crippen molar-refractivity contribution in [2.45, 2.75) is 19.2 Å². The topological polar surface area (TPSA) is 78.1 Å². The molecule has 1 amide bonds. The quantitative estimate of drug-likeness (QED) is 0.506. The minimum atomic E-state index is 0.0807. The summed E-state index contributed by atoms with van der Waals surface area (Å²) in [4.78, 5) is 18.8. The smallest absolute Gasteiger partial charge is 0.242 e. The third-order valence-corrected chi connectivity index (χ3v) is 5.11. The molecule has 4 aromatic rings. The molecule has 146 valence electrons. The second-order valence-corrected chi connectivity index (χ2v) is 7.11. The molecule has 2 aromatic heterocycles. The van der Waals surface area contributed by atoms with E-state index >= 15 is 0 Å². The number of hydrogen-bond acceptors (Lipinski definition) is 5. The van der Waals surface area contributed by atoms with E-state index < -0.39 is 0 Å². The first-order valence-electron chi connectivity index (χ1n) is 9.52. The number of fused-ring (bicyclic) bond motifs is 1. The van der Waals surface area contributed by atoms with Crippen LogP contribution in [0.4, 0.5) is 0 Å². The fourth-order valence-corrected chi connectivity index (χ4v) is 3.44. The van der Waals surface area contributed by atoms with E-state index in [0.29, 0.717) is 26.2 Å². The van der Waals surface area contributed by atoms with Gasteiger partial charge in [-0.3, -0.25) is 4.79 Å². The van der Waals surface area contributed by atoms with Crippen LogP contribution in [0.3, 0.4) is 0 Å². The van der Waals surface area contributed by atoms with E-state index in [1.807, 2.05) is 74.9 Å². The maximum absolute atomic E-state index is 12.6. The summed E-state index contributed by atoms with van der Waals surface area (Å²) in [5, 5.41) is 8.37. The molecule has 0 bridgehead atoms. The van der Waals surface area contributed by atoms with Crippen LogP contribution in [-0.4, -0.2) is 48.4 Å². The van der Waals surface area contributed by atoms with Gasteiger partial charge in [0.05, 0.1) is 29.6 Å². The van der Waals surface area contributed by atoms with Gasteiger partial charge in [-0.05, 0) is 24.3 Å². The molecule has 8 heteroatoms. The second kappa shape index (κ2) is 7.38. The minimum Gasteiger partial charge on any atom is -0.487 e. The summed E-state index contributed by atoms with van der Waals surface area (Å²) in [6.45, 7) is 1.93. The van der Waals surface area contributed by atoms with Gasteiger partial charge in [0.15, 0.2) is 0 Å². The van der Waals surface area contributed by atoms with Crippen molar-refractivity contribution in [2.24, 2.45) is 0 Å². The molecule has 0 aliphatic carbocycles. The van der Waals surface area contributed by atoms with Gasteiger partial charge in [-0.25, -0.2) is 9.67 Å². The Labute approximate surface area is 167 Å². The summed E-state index contributed by atoms with van der Waals surface area (Å²) in [5.41, 5.74) is 2.63. The van der Waals surface area contributed by atoms with E-state index in [1.165, 1.54) is 0 Å². The Hall–Kier alpha value is -3.68. The lowest BCUT2D eigenvalue weighted by molar-refractivity contribution is -0.137. The van der Waals surface area contributed by atoms with Gasteiger partial charge < -0.3 is 14.2 Å². The fraction of sp³-hybridized carbons (Fsp3) is 0.238. The Morgan fingerprint density at radius 2 is 1.86 bits per heavy atom. The molecule has 1 aliphatic heterocycles. The first-order chi connectivity index (χ1) is 14.3. The maximum Gasteiger partial charge on any atom is 0.242 e. The Bertz CT molecular complexity index is 1130. The summed E-state index contributed by atoms with van der Waals surface area (Å²) in [6, 6.07) is 17.6. The number of nitrogens with zero attached hydrogens (tertiary/aromatic N) is 6. The summed E-state index contributed by atoms with van der Waals surface area (Å²) in [5.74, 6) is 0.881. The Balaban J connectivity index is 1.15. The summed E-state index contributed by atoms with van der Waals surface area (Å²) < 4.78 is 9.41. The predicted molar refractivity (Wildman–Crippen MR) is 106 cm³/mol. The largest absolute Gasteiger partial charge is 0.487 e. The fourth-order valence-electron chi connectivity index (χ4n) is 3.44. The molecule has 1 aliphatic rings. The average Bonchev–Trinajstić information content (AvgIpc) is 3.34. The lowest BCUT2D eigenvalue weighted by atomic mass is 10.1. The van der Waals surface area contributed by atoms with Crippen molar-refractivity contribution in [3.05, 3.63) is 72.8 Å². The molecule has 0 spiro atoms. The summed E-state index contributed by atoms with van der Waals surface area (Å²) >= 11 is 0. The van der Waals surface area contributed by atoms with E-state index in [4.69, 9.17) is 4.74 Å². The van der Waals surface area contributed by atoms with Gasteiger partial charge in [0.2, 0.25) is 5.91 Å². The van der Waals surface area contributed by atoms with Gasteiger partial charge in [0.1, 0.15) is 24.6 Å². The monoisotopic (exact) mass is 388 g/mol. The highest BCUT2D eigenvalue weighted by Gasteiger charge is 2.32. The van der Waals surface area contributed by atoms with Crippen molar-refractivity contribution in [2.75, 3.05) is 13.1 Å². The molecule has 0 unspecified atom stereocenters. The number of carbonyl (C=O) groups excluding carboxylic acids is 1. The van der Waals surface area contributed by atoms with Crippen molar-refractivity contribution < 1.29 is 9.53 Å². The molecule has 0 radical (unpaired) electrons. The maximum atomic E-state index is 12.6. The van der Waals surface area contributed by atoms with Crippen molar-refractivity contribution in [1.29, 1.82) is 0 Å². The third kappa shape index (κ3) is 3.56. The van der Waals surface area contributed by atoms with E-state index in [0.717, 1.165) is 22.5 Å². The molecule has 8 nitrogen and oxygen atoms in total. The number of carbonyl (C=O) groups is 1. The number of imidazole rings is 1. The number of para-hydroxylation sites is 3. The summed E-state index contributed by atoms with van der Waals surface area (Å²) in [7, 11) is 0. The van der Waals surface area contributed by atoms with Gasteiger partial charge in [0, 0.05) is 13.1 Å². The third-order valence-electron chi connectivity index (χ3n) is 5.11. The Morgan fingerprint density at radius 1 is 1.07 bits per heavy atom. The van der Waals surface area contributed by atoms with Gasteiger partial charge in [-0.15, -0.1) is 5.10 Å². The van der Waals surface area contributed by atoms with E-state index in [9.17, 15) is 4.79 Å². The second-order valence-electron chi connectivity index (χ2n) is 7.11. The van der Waals surface area contributed by atoms with Crippen LogP contribution in [0.1, 0.15) is 11.7 Å². The molecule has 0 atom stereocenters. The number of aromatic nitrogens is 5. The van der Waals surface area contributed by atoms with Crippen LogP contribution >= 0.6 is 0 Å². The van der Waals surface area contributed by atoms with E-state index in [-0.39, 0.29) is 11.9 Å². The van der Waals surface area contributed by atoms with Crippen molar-refractivity contribution >= 4 is 16.9 Å². The SMILES string of the molecule is O=C(Cn1cnc2ccccc21)N1CC(n2cc(COc3ccccc3)nn2)C1. The van der Waals surface area contributed by atoms with Crippen LogP contribution < -0.4 is 4.74 Å². The Morgan fingerprint density at radius 3 is 2.72 bits per heavy atom. The van der Waals surface area contributed by atoms with E-state index in [2.05, 4.69) is 15.3 Å². The van der Waals surface area contributed by atoms with Crippen LogP contribution in [0.15, 0.2) is 67.1 Å². The highest BCUT2D eigenvalue weighted by molar-refractivity contribution is 5.81. The van der Waals surface area contributed by atoms with Gasteiger partial charge in [-0.2, -0.15) is 0 Å². The first-order valence-corrected chi connectivity index (χ1v) is 9.52. The molecule has 0 N–H and O–H groups in total. The molecule has 29 heavy (non-hydrogen) atoms. The van der Waals surface area contributed by atoms with Gasteiger partial charge in [0.25, 0.3) is 0 Å². The number of amides is 1. The van der Waals surface area contributed by atoms with Crippen molar-refractivity contribution in [1.82, 2.24) is 29.4 Å². The van der Waals surface area contributed by atoms with Crippen LogP contribution in [0.25, 0.3) is 11.0 Å². The number of hydrogen-bond donors (Lipinski definition) is 0. The number of likely N-dealkylation sites (tertiary alicyclic amines) is 1. The first kappa shape index (κ1) is 17.4. The number of benzene rings is 2. The molecule has 1 saturated heterocycles. The number of ether oxygens (including phenoxy) is 1. The van der Waals surface area contributed by atoms with Crippen molar-refractivity contribution in [3.63, 3.8) is 0 Å². The standard InChI is InChI=1S/C21H20N6O2/c28-21(13-26-15-22-19-8-4-5-9-20(19)26)25-11-17(12-25)27-10-16(23-24-27)14-29-18-6-2-1-3-7-18/h1-10,15,17H,11-14H2. The Kier molecular flexibility index (Phi) is 4.44. The average molecular weight is 388 g/mol. The van der Waals surface area contributed by atoms with Crippen LogP contribution in [0, 0.1) is 0 Å². The van der Waals surface area contributed by atoms with Gasteiger partial charge in [-0.1, -0.05) is 35.5 Å². The van der Waals surface area contributed by atoms with Crippen LogP contribution in [-0.2, 0) is 17.9 Å². The lowest BCUT2D eigenvalue weighted by Crippen LogP contribution is -2.51. The van der Waals surface area contributed by atoms with E-state index in [1.54, 1.807) is 6.33 Å². The molecular formula is C21H20N6O2. The normalized spacial score (nSPS) is 14.1. The molecule has 1 fully saturated rings. The van der Waals surface area contributed by atoms with Gasteiger partial charge >= 0.3 is 0 Å². The predicted octanol–water partition coefficient (Wildman–Crippen LogP) is 2.29. The molecule has 3 heterocycles. The lowest BCUT2D eigenvalue weighted by Gasteiger charge is -2.38. The molecule has 0 saturated carbocycles. The highest BCUT2D eigenvalue weighted by atomic mass is 16.5. The zero-order valence-electron chi connectivity index (χ0n) is 15.8. The zero-order valence-corrected chi connectivity index (χ0v) is 15.8. The molecular weight excluding hydrogens is 368 g/mol. The van der Waals surface area contributed by atoms with Crippen LogP contribution in [0.5, 0.6) is 5.75 Å². The molecule has 5 rings (SSSR count). The molecule has 2 aromatic carbocycles.